The van der Waals surface area contributed by atoms with E-state index >= 15 is 0 Å². The second-order valence-electron chi connectivity index (χ2n) is 5.19. The summed E-state index contributed by atoms with van der Waals surface area (Å²) in [4.78, 5) is 9.33. The van der Waals surface area contributed by atoms with Gasteiger partial charge in [-0.05, 0) is 62.4 Å². The number of aryl methyl sites for hydroxylation is 2. The summed E-state index contributed by atoms with van der Waals surface area (Å²) in [5.41, 5.74) is 5.09. The fourth-order valence-electron chi connectivity index (χ4n) is 2.39. The topological polar surface area (TPSA) is 66.2 Å². The van der Waals surface area contributed by atoms with Crippen molar-refractivity contribution < 1.29 is 10.2 Å². The summed E-state index contributed by atoms with van der Waals surface area (Å²) in [6, 6.07) is 13.9. The molecule has 4 nitrogen and oxygen atoms in total. The molecule has 0 atom stereocenters. The molecule has 0 spiro atoms. The van der Waals surface area contributed by atoms with Crippen molar-refractivity contribution in [3.05, 3.63) is 59.9 Å². The van der Waals surface area contributed by atoms with Gasteiger partial charge >= 0.3 is 0 Å². The van der Waals surface area contributed by atoms with Crippen LogP contribution in [0.3, 0.4) is 0 Å². The van der Waals surface area contributed by atoms with E-state index < -0.39 is 0 Å². The van der Waals surface area contributed by atoms with Crippen LogP contribution in [0.4, 0.5) is 0 Å². The van der Waals surface area contributed by atoms with Crippen LogP contribution in [0, 0.1) is 13.8 Å². The van der Waals surface area contributed by atoms with Crippen LogP contribution in [0.1, 0.15) is 11.4 Å². The van der Waals surface area contributed by atoms with Gasteiger partial charge in [-0.15, -0.1) is 0 Å². The zero-order valence-corrected chi connectivity index (χ0v) is 12.4. The van der Waals surface area contributed by atoms with Crippen molar-refractivity contribution in [2.45, 2.75) is 13.8 Å². The van der Waals surface area contributed by atoms with E-state index in [9.17, 15) is 10.2 Å². The maximum atomic E-state index is 9.39. The van der Waals surface area contributed by atoms with E-state index in [-0.39, 0.29) is 11.5 Å². The number of hydrogen-bond donors (Lipinski definition) is 2. The van der Waals surface area contributed by atoms with Crippen LogP contribution in [-0.4, -0.2) is 20.2 Å². The Labute approximate surface area is 128 Å². The van der Waals surface area contributed by atoms with E-state index in [1.54, 1.807) is 24.3 Å². The average molecular weight is 292 g/mol. The van der Waals surface area contributed by atoms with E-state index in [2.05, 4.69) is 9.97 Å². The van der Waals surface area contributed by atoms with Gasteiger partial charge in [0, 0.05) is 11.1 Å². The molecule has 22 heavy (non-hydrogen) atoms. The Morgan fingerprint density at radius 1 is 0.591 bits per heavy atom. The maximum absolute atomic E-state index is 9.39. The van der Waals surface area contributed by atoms with Gasteiger partial charge in [0.2, 0.25) is 0 Å². The molecule has 0 radical (unpaired) electrons. The molecule has 4 heteroatoms. The maximum Gasteiger partial charge on any atom is 0.115 e. The zero-order valence-electron chi connectivity index (χ0n) is 12.4. The second kappa shape index (κ2) is 5.48. The van der Waals surface area contributed by atoms with Gasteiger partial charge in [-0.1, -0.05) is 0 Å². The van der Waals surface area contributed by atoms with Crippen LogP contribution >= 0.6 is 0 Å². The predicted octanol–water partition coefficient (Wildman–Crippen LogP) is 3.84. The normalized spacial score (nSPS) is 10.6. The molecular weight excluding hydrogens is 276 g/mol. The summed E-state index contributed by atoms with van der Waals surface area (Å²) < 4.78 is 0. The highest BCUT2D eigenvalue weighted by molar-refractivity contribution is 5.68. The summed E-state index contributed by atoms with van der Waals surface area (Å²) in [5, 5.41) is 18.8. The lowest BCUT2D eigenvalue weighted by atomic mass is 10.1. The first-order chi connectivity index (χ1) is 10.5. The molecule has 1 aromatic heterocycles. The highest BCUT2D eigenvalue weighted by atomic mass is 16.3. The van der Waals surface area contributed by atoms with E-state index in [1.807, 2.05) is 38.1 Å². The Hall–Kier alpha value is -2.88. The number of phenols is 2. The molecule has 0 saturated heterocycles. The molecule has 1 heterocycles. The van der Waals surface area contributed by atoms with Crippen LogP contribution < -0.4 is 0 Å². The standard InChI is InChI=1S/C18H16N2O2/c1-11-17(13-3-7-15(21)8-4-13)20-12(2)18(19-11)14-5-9-16(22)10-6-14/h3-10,21-22H,1-2H3. The van der Waals surface area contributed by atoms with Gasteiger partial charge in [-0.3, -0.25) is 0 Å². The van der Waals surface area contributed by atoms with Crippen LogP contribution in [0.15, 0.2) is 48.5 Å². The zero-order chi connectivity index (χ0) is 15.7. The summed E-state index contributed by atoms with van der Waals surface area (Å²) in [7, 11) is 0. The van der Waals surface area contributed by atoms with Gasteiger partial charge in [-0.2, -0.15) is 0 Å². The van der Waals surface area contributed by atoms with E-state index in [4.69, 9.17) is 0 Å². The lowest BCUT2D eigenvalue weighted by Crippen LogP contribution is -1.99. The molecule has 0 fully saturated rings. The van der Waals surface area contributed by atoms with Crippen molar-refractivity contribution in [1.82, 2.24) is 9.97 Å². The van der Waals surface area contributed by atoms with Crippen molar-refractivity contribution in [3.8, 4) is 34.0 Å². The van der Waals surface area contributed by atoms with Crippen molar-refractivity contribution in [2.24, 2.45) is 0 Å². The number of aromatic nitrogens is 2. The monoisotopic (exact) mass is 292 g/mol. The summed E-state index contributed by atoms with van der Waals surface area (Å²) in [6.45, 7) is 3.83. The van der Waals surface area contributed by atoms with Crippen LogP contribution in [0.25, 0.3) is 22.5 Å². The fraction of sp³-hybridized carbons (Fsp3) is 0.111. The first-order valence-electron chi connectivity index (χ1n) is 6.98. The van der Waals surface area contributed by atoms with Gasteiger partial charge in [0.05, 0.1) is 22.8 Å². The van der Waals surface area contributed by atoms with Gasteiger partial charge in [0.25, 0.3) is 0 Å². The third-order valence-electron chi connectivity index (χ3n) is 3.53. The second-order valence-corrected chi connectivity index (χ2v) is 5.19. The Morgan fingerprint density at radius 2 is 0.909 bits per heavy atom. The molecule has 0 saturated carbocycles. The molecule has 110 valence electrons. The molecule has 3 aromatic rings. The van der Waals surface area contributed by atoms with Gasteiger partial charge in [0.1, 0.15) is 11.5 Å². The third kappa shape index (κ3) is 2.63. The van der Waals surface area contributed by atoms with Gasteiger partial charge in [-0.25, -0.2) is 9.97 Å². The number of hydrogen-bond acceptors (Lipinski definition) is 4. The van der Waals surface area contributed by atoms with Gasteiger partial charge < -0.3 is 10.2 Å². The third-order valence-corrected chi connectivity index (χ3v) is 3.53. The molecule has 0 unspecified atom stereocenters. The van der Waals surface area contributed by atoms with E-state index in [0.717, 1.165) is 33.9 Å². The molecule has 2 aromatic carbocycles. The number of nitrogens with zero attached hydrogens (tertiary/aromatic N) is 2. The van der Waals surface area contributed by atoms with E-state index in [1.165, 1.54) is 0 Å². The molecule has 0 bridgehead atoms. The molecule has 2 N–H and O–H groups in total. The molecular formula is C18H16N2O2. The fourth-order valence-corrected chi connectivity index (χ4v) is 2.39. The molecule has 0 amide bonds. The smallest absolute Gasteiger partial charge is 0.115 e. The SMILES string of the molecule is Cc1nc(-c2ccc(O)cc2)c(C)nc1-c1ccc(O)cc1. The van der Waals surface area contributed by atoms with Crippen LogP contribution in [0.2, 0.25) is 0 Å². The summed E-state index contributed by atoms with van der Waals surface area (Å²) in [5.74, 6) is 0.457. The minimum Gasteiger partial charge on any atom is -0.508 e. The largest absolute Gasteiger partial charge is 0.508 e. The Balaban J connectivity index is 2.08. The Morgan fingerprint density at radius 3 is 1.23 bits per heavy atom. The Kier molecular flexibility index (Phi) is 3.51. The highest BCUT2D eigenvalue weighted by Crippen LogP contribution is 2.28. The van der Waals surface area contributed by atoms with Crippen molar-refractivity contribution in [2.75, 3.05) is 0 Å². The minimum atomic E-state index is 0.229. The molecule has 0 aliphatic rings. The van der Waals surface area contributed by atoms with Crippen molar-refractivity contribution in [3.63, 3.8) is 0 Å². The average Bonchev–Trinajstić information content (AvgIpc) is 2.51. The lowest BCUT2D eigenvalue weighted by molar-refractivity contribution is 0.475. The number of rotatable bonds is 2. The Bertz CT molecular complexity index is 738. The summed E-state index contributed by atoms with van der Waals surface area (Å²) in [6.07, 6.45) is 0. The number of benzene rings is 2. The van der Waals surface area contributed by atoms with Gasteiger partial charge in [0.15, 0.2) is 0 Å². The summed E-state index contributed by atoms with van der Waals surface area (Å²) >= 11 is 0. The minimum absolute atomic E-state index is 0.229. The molecule has 3 rings (SSSR count). The van der Waals surface area contributed by atoms with Crippen molar-refractivity contribution in [1.29, 1.82) is 0 Å². The first-order valence-corrected chi connectivity index (χ1v) is 6.98. The first kappa shape index (κ1) is 14.1. The van der Waals surface area contributed by atoms with Crippen LogP contribution in [-0.2, 0) is 0 Å². The van der Waals surface area contributed by atoms with E-state index in [0.29, 0.717) is 0 Å². The molecule has 0 aliphatic heterocycles. The number of aromatic hydroxyl groups is 2. The lowest BCUT2D eigenvalue weighted by Gasteiger charge is -2.11. The predicted molar refractivity (Wildman–Crippen MR) is 85.7 cm³/mol. The van der Waals surface area contributed by atoms with Crippen molar-refractivity contribution >= 4 is 0 Å². The quantitative estimate of drug-likeness (QED) is 0.753. The number of phenolic OH excluding ortho intramolecular Hbond substituents is 2. The molecule has 0 aliphatic carbocycles. The highest BCUT2D eigenvalue weighted by Gasteiger charge is 2.11. The van der Waals surface area contributed by atoms with Crippen LogP contribution in [0.5, 0.6) is 11.5 Å².